The molecule has 2 aromatic carbocycles. The molecule has 2 atom stereocenters. The van der Waals surface area contributed by atoms with E-state index in [1.165, 1.54) is 11.8 Å². The summed E-state index contributed by atoms with van der Waals surface area (Å²) < 4.78 is 5.16. The Morgan fingerprint density at radius 1 is 1.22 bits per heavy atom. The molecule has 0 spiro atoms. The van der Waals surface area contributed by atoms with Crippen LogP contribution in [0.5, 0.6) is 5.75 Å². The van der Waals surface area contributed by atoms with E-state index >= 15 is 0 Å². The van der Waals surface area contributed by atoms with Gasteiger partial charge in [-0.15, -0.1) is 0 Å². The van der Waals surface area contributed by atoms with Crippen molar-refractivity contribution in [2.24, 2.45) is 11.0 Å². The molecule has 0 bridgehead atoms. The summed E-state index contributed by atoms with van der Waals surface area (Å²) in [5.74, 6) is 0.735. The van der Waals surface area contributed by atoms with E-state index in [1.807, 2.05) is 42.5 Å². The van der Waals surface area contributed by atoms with Gasteiger partial charge in [-0.3, -0.25) is 9.59 Å². The number of carbonyl (C=O) groups excluding carboxylic acids is 1. The van der Waals surface area contributed by atoms with Gasteiger partial charge in [-0.05, 0) is 41.5 Å². The number of hydrogen-bond acceptors (Lipinski definition) is 4. The Bertz CT molecular complexity index is 1070. The van der Waals surface area contributed by atoms with Crippen LogP contribution in [0.15, 0.2) is 64.5 Å². The van der Waals surface area contributed by atoms with Crippen molar-refractivity contribution in [3.8, 4) is 5.75 Å². The number of rotatable bonds is 5. The lowest BCUT2D eigenvalue weighted by atomic mass is 10.1. The van der Waals surface area contributed by atoms with E-state index in [2.05, 4.69) is 15.5 Å². The standard InChI is InChI=1S/C21H19N3O3/c1-27-16-8-7-14-9-15(20(25)23-19(14)10-16)12-22-24-21(26)18-11-17(18)13-5-3-2-4-6-13/h2-10,12,17-18H,11H2,1H3,(H,23,25)(H,24,26)/b22-12+. The van der Waals surface area contributed by atoms with Crippen LogP contribution >= 0.6 is 0 Å². The summed E-state index contributed by atoms with van der Waals surface area (Å²) >= 11 is 0. The number of aromatic amines is 1. The summed E-state index contributed by atoms with van der Waals surface area (Å²) in [6.07, 6.45) is 2.20. The lowest BCUT2D eigenvalue weighted by molar-refractivity contribution is -0.122. The molecular formula is C21H19N3O3. The predicted octanol–water partition coefficient (Wildman–Crippen LogP) is 2.79. The van der Waals surface area contributed by atoms with E-state index in [4.69, 9.17) is 4.74 Å². The SMILES string of the molecule is COc1ccc2cc(/C=N/NC(=O)C3CC3c3ccccc3)c(=O)[nH]c2c1. The molecule has 2 N–H and O–H groups in total. The second-order valence-electron chi connectivity index (χ2n) is 6.60. The van der Waals surface area contributed by atoms with Gasteiger partial charge >= 0.3 is 0 Å². The van der Waals surface area contributed by atoms with E-state index in [0.29, 0.717) is 16.8 Å². The highest BCUT2D eigenvalue weighted by atomic mass is 16.5. The highest BCUT2D eigenvalue weighted by Crippen LogP contribution is 2.47. The summed E-state index contributed by atoms with van der Waals surface area (Å²) in [5.41, 5.74) is 4.50. The molecule has 4 rings (SSSR count). The molecule has 136 valence electrons. The lowest BCUT2D eigenvalue weighted by Gasteiger charge is -2.03. The zero-order chi connectivity index (χ0) is 18.8. The molecule has 6 heteroatoms. The summed E-state index contributed by atoms with van der Waals surface area (Å²) in [6, 6.07) is 17.1. The van der Waals surface area contributed by atoms with Gasteiger partial charge in [-0.2, -0.15) is 5.10 Å². The maximum Gasteiger partial charge on any atom is 0.257 e. The fourth-order valence-electron chi connectivity index (χ4n) is 3.22. The average molecular weight is 361 g/mol. The van der Waals surface area contributed by atoms with Gasteiger partial charge < -0.3 is 9.72 Å². The van der Waals surface area contributed by atoms with Crippen LogP contribution in [0.3, 0.4) is 0 Å². The molecule has 1 fully saturated rings. The Morgan fingerprint density at radius 2 is 2.04 bits per heavy atom. The molecule has 0 saturated heterocycles. The highest BCUT2D eigenvalue weighted by Gasteiger charge is 2.43. The van der Waals surface area contributed by atoms with E-state index in [-0.39, 0.29) is 23.3 Å². The molecule has 1 heterocycles. The van der Waals surface area contributed by atoms with Crippen LogP contribution in [-0.2, 0) is 4.79 Å². The Morgan fingerprint density at radius 3 is 2.81 bits per heavy atom. The molecule has 0 aliphatic heterocycles. The first kappa shape index (κ1) is 17.0. The molecule has 1 amide bonds. The Kier molecular flexibility index (Phi) is 4.46. The number of amides is 1. The number of carbonyl (C=O) groups is 1. The van der Waals surface area contributed by atoms with Gasteiger partial charge in [0.25, 0.3) is 5.56 Å². The molecule has 6 nitrogen and oxygen atoms in total. The smallest absolute Gasteiger partial charge is 0.257 e. The molecule has 1 aliphatic carbocycles. The fraction of sp³-hybridized carbons (Fsp3) is 0.190. The van der Waals surface area contributed by atoms with Crippen molar-refractivity contribution < 1.29 is 9.53 Å². The summed E-state index contributed by atoms with van der Waals surface area (Å²) in [6.45, 7) is 0. The minimum Gasteiger partial charge on any atom is -0.497 e. The third kappa shape index (κ3) is 3.60. The van der Waals surface area contributed by atoms with Crippen molar-refractivity contribution in [1.82, 2.24) is 10.4 Å². The Hall–Kier alpha value is -3.41. The second kappa shape index (κ2) is 7.07. The van der Waals surface area contributed by atoms with Gasteiger partial charge in [-0.1, -0.05) is 30.3 Å². The number of hydrogen-bond donors (Lipinski definition) is 2. The topological polar surface area (TPSA) is 83.5 Å². The van der Waals surface area contributed by atoms with Crippen molar-refractivity contribution in [3.63, 3.8) is 0 Å². The van der Waals surface area contributed by atoms with E-state index in [1.54, 1.807) is 19.2 Å². The summed E-state index contributed by atoms with van der Waals surface area (Å²) in [7, 11) is 1.57. The third-order valence-electron chi connectivity index (χ3n) is 4.82. The normalized spacial score (nSPS) is 18.6. The second-order valence-corrected chi connectivity index (χ2v) is 6.60. The number of aromatic nitrogens is 1. The Labute approximate surface area is 155 Å². The first-order valence-corrected chi connectivity index (χ1v) is 8.74. The predicted molar refractivity (Wildman–Crippen MR) is 104 cm³/mol. The molecular weight excluding hydrogens is 342 g/mol. The molecule has 27 heavy (non-hydrogen) atoms. The van der Waals surface area contributed by atoms with Crippen LogP contribution in [-0.4, -0.2) is 24.2 Å². The van der Waals surface area contributed by atoms with Crippen molar-refractivity contribution >= 4 is 23.0 Å². The van der Waals surface area contributed by atoms with Crippen LogP contribution < -0.4 is 15.7 Å². The molecule has 2 unspecified atom stereocenters. The zero-order valence-electron chi connectivity index (χ0n) is 14.8. The first-order chi connectivity index (χ1) is 13.2. The molecule has 1 aliphatic rings. The molecule has 0 radical (unpaired) electrons. The monoisotopic (exact) mass is 361 g/mol. The number of H-pyrrole nitrogens is 1. The average Bonchev–Trinajstić information content (AvgIpc) is 3.49. The van der Waals surface area contributed by atoms with E-state index in [9.17, 15) is 9.59 Å². The third-order valence-corrected chi connectivity index (χ3v) is 4.82. The van der Waals surface area contributed by atoms with Crippen molar-refractivity contribution in [1.29, 1.82) is 0 Å². The quantitative estimate of drug-likeness (QED) is 0.541. The number of pyridine rings is 1. The highest BCUT2D eigenvalue weighted by molar-refractivity contribution is 5.89. The van der Waals surface area contributed by atoms with Gasteiger partial charge in [0.05, 0.1) is 24.4 Å². The van der Waals surface area contributed by atoms with Gasteiger partial charge in [0.2, 0.25) is 5.91 Å². The number of nitrogens with zero attached hydrogens (tertiary/aromatic N) is 1. The van der Waals surface area contributed by atoms with E-state index in [0.717, 1.165) is 11.8 Å². The molecule has 3 aromatic rings. The van der Waals surface area contributed by atoms with Crippen LogP contribution in [0.2, 0.25) is 0 Å². The first-order valence-electron chi connectivity index (χ1n) is 8.74. The number of fused-ring (bicyclic) bond motifs is 1. The number of benzene rings is 2. The lowest BCUT2D eigenvalue weighted by Crippen LogP contribution is -2.21. The summed E-state index contributed by atoms with van der Waals surface area (Å²) in [4.78, 5) is 27.2. The Balaban J connectivity index is 1.43. The van der Waals surface area contributed by atoms with E-state index < -0.39 is 0 Å². The number of ether oxygens (including phenoxy) is 1. The minimum atomic E-state index is -0.276. The number of hydrazone groups is 1. The molecule has 1 aromatic heterocycles. The fourth-order valence-corrected chi connectivity index (χ4v) is 3.22. The summed E-state index contributed by atoms with van der Waals surface area (Å²) in [5, 5.41) is 4.82. The maximum atomic E-state index is 12.2. The van der Waals surface area contributed by atoms with Crippen LogP contribution in [0, 0.1) is 5.92 Å². The van der Waals surface area contributed by atoms with Gasteiger partial charge in [-0.25, -0.2) is 5.43 Å². The van der Waals surface area contributed by atoms with Crippen LogP contribution in [0.4, 0.5) is 0 Å². The number of nitrogens with one attached hydrogen (secondary N) is 2. The zero-order valence-corrected chi connectivity index (χ0v) is 14.8. The van der Waals surface area contributed by atoms with Gasteiger partial charge in [0.1, 0.15) is 5.75 Å². The van der Waals surface area contributed by atoms with Gasteiger partial charge in [0, 0.05) is 12.0 Å². The van der Waals surface area contributed by atoms with Crippen molar-refractivity contribution in [2.45, 2.75) is 12.3 Å². The molecule has 1 saturated carbocycles. The van der Waals surface area contributed by atoms with Gasteiger partial charge in [0.15, 0.2) is 0 Å². The minimum absolute atomic E-state index is 0.0631. The van der Waals surface area contributed by atoms with Crippen LogP contribution in [0.25, 0.3) is 10.9 Å². The van der Waals surface area contributed by atoms with Crippen LogP contribution in [0.1, 0.15) is 23.5 Å². The van der Waals surface area contributed by atoms with Crippen molar-refractivity contribution in [2.75, 3.05) is 7.11 Å². The van der Waals surface area contributed by atoms with Crippen molar-refractivity contribution in [3.05, 3.63) is 76.1 Å². The number of methoxy groups -OCH3 is 1. The largest absolute Gasteiger partial charge is 0.497 e. The maximum absolute atomic E-state index is 12.2.